The summed E-state index contributed by atoms with van der Waals surface area (Å²) in [5.41, 5.74) is 2.79. The minimum atomic E-state index is -0.205. The van der Waals surface area contributed by atoms with Gasteiger partial charge in [0.05, 0.1) is 11.6 Å². The van der Waals surface area contributed by atoms with E-state index in [4.69, 9.17) is 0 Å². The monoisotopic (exact) mass is 450 g/mol. The van der Waals surface area contributed by atoms with Gasteiger partial charge in [-0.1, -0.05) is 39.2 Å². The van der Waals surface area contributed by atoms with Gasteiger partial charge < -0.3 is 4.98 Å². The van der Waals surface area contributed by atoms with Crippen molar-refractivity contribution in [3.63, 3.8) is 0 Å². The van der Waals surface area contributed by atoms with Gasteiger partial charge in [0, 0.05) is 23.7 Å². The summed E-state index contributed by atoms with van der Waals surface area (Å²) in [5.74, 6) is 0.904. The number of H-pyrrole nitrogens is 1. The molecule has 0 unspecified atom stereocenters. The van der Waals surface area contributed by atoms with Crippen molar-refractivity contribution in [2.24, 2.45) is 0 Å². The summed E-state index contributed by atoms with van der Waals surface area (Å²) in [7, 11) is 0. The van der Waals surface area contributed by atoms with Crippen molar-refractivity contribution >= 4 is 10.9 Å². The van der Waals surface area contributed by atoms with E-state index in [-0.39, 0.29) is 17.1 Å². The molecular weight excluding hydrogens is 412 g/mol. The highest BCUT2D eigenvalue weighted by molar-refractivity contribution is 5.79. The van der Waals surface area contributed by atoms with Gasteiger partial charge in [-0.15, -0.1) is 5.10 Å². The highest BCUT2D eigenvalue weighted by Gasteiger charge is 2.35. The van der Waals surface area contributed by atoms with E-state index in [0.29, 0.717) is 12.6 Å². The molecule has 2 heterocycles. The Balaban J connectivity index is 1.77. The number of nitrogens with one attached hydrogen (secondary N) is 1. The molecule has 0 aliphatic heterocycles. The molecule has 1 N–H and O–H groups in total. The van der Waals surface area contributed by atoms with Crippen LogP contribution in [0.15, 0.2) is 29.1 Å². The Kier molecular flexibility index (Phi) is 6.98. The van der Waals surface area contributed by atoms with E-state index in [9.17, 15) is 4.79 Å². The average Bonchev–Trinajstić information content (AvgIpc) is 3.48. The summed E-state index contributed by atoms with van der Waals surface area (Å²) < 4.78 is 1.97. The molecule has 7 heteroatoms. The van der Waals surface area contributed by atoms with Crippen LogP contribution in [0.3, 0.4) is 0 Å². The Morgan fingerprint density at radius 3 is 2.61 bits per heavy atom. The first-order chi connectivity index (χ1) is 15.8. The van der Waals surface area contributed by atoms with Crippen LogP contribution in [0.2, 0.25) is 0 Å². The van der Waals surface area contributed by atoms with E-state index in [1.165, 1.54) is 18.4 Å². The van der Waals surface area contributed by atoms with E-state index in [0.717, 1.165) is 54.4 Å². The Labute approximate surface area is 196 Å². The van der Waals surface area contributed by atoms with Crippen LogP contribution in [0.4, 0.5) is 0 Å². The molecule has 1 atom stereocenters. The van der Waals surface area contributed by atoms with Crippen LogP contribution in [0, 0.1) is 0 Å². The maximum Gasteiger partial charge on any atom is 0.252 e. The molecule has 0 amide bonds. The third-order valence-electron chi connectivity index (χ3n) is 6.93. The minimum absolute atomic E-state index is 0.000377. The molecule has 1 aromatic carbocycles. The van der Waals surface area contributed by atoms with Crippen molar-refractivity contribution in [1.29, 1.82) is 0 Å². The predicted octanol–water partition coefficient (Wildman–Crippen LogP) is 5.12. The zero-order valence-electron chi connectivity index (χ0n) is 20.8. The van der Waals surface area contributed by atoms with Crippen molar-refractivity contribution in [3.05, 3.63) is 51.6 Å². The molecule has 3 aromatic rings. The SMILES string of the molecule is CCC[C@H](c1nnnn1C(C)(C)C)N(Cc1cc2cc(CC)ccc2[nH]c1=O)C1CCCC1. The van der Waals surface area contributed by atoms with Gasteiger partial charge in [0.25, 0.3) is 5.56 Å². The van der Waals surface area contributed by atoms with Crippen molar-refractivity contribution < 1.29 is 0 Å². The van der Waals surface area contributed by atoms with Crippen LogP contribution < -0.4 is 5.56 Å². The quantitative estimate of drug-likeness (QED) is 0.515. The molecule has 0 radical (unpaired) electrons. The Hall–Kier alpha value is -2.54. The first-order valence-corrected chi connectivity index (χ1v) is 12.5. The minimum Gasteiger partial charge on any atom is -0.322 e. The number of benzene rings is 1. The molecule has 2 aromatic heterocycles. The summed E-state index contributed by atoms with van der Waals surface area (Å²) in [6.07, 6.45) is 7.74. The second-order valence-corrected chi connectivity index (χ2v) is 10.4. The Morgan fingerprint density at radius 1 is 1.18 bits per heavy atom. The summed E-state index contributed by atoms with van der Waals surface area (Å²) in [4.78, 5) is 18.7. The number of aromatic amines is 1. The van der Waals surface area contributed by atoms with E-state index in [2.05, 4.69) is 78.2 Å². The van der Waals surface area contributed by atoms with E-state index in [1.807, 2.05) is 10.7 Å². The van der Waals surface area contributed by atoms with Gasteiger partial charge in [0.15, 0.2) is 5.82 Å². The third-order valence-corrected chi connectivity index (χ3v) is 6.93. The van der Waals surface area contributed by atoms with Crippen LogP contribution in [0.1, 0.15) is 96.1 Å². The van der Waals surface area contributed by atoms with Gasteiger partial charge >= 0.3 is 0 Å². The van der Waals surface area contributed by atoms with Crippen LogP contribution in [0.25, 0.3) is 10.9 Å². The lowest BCUT2D eigenvalue weighted by Gasteiger charge is -2.36. The first-order valence-electron chi connectivity index (χ1n) is 12.5. The van der Waals surface area contributed by atoms with E-state index >= 15 is 0 Å². The van der Waals surface area contributed by atoms with Crippen LogP contribution in [0.5, 0.6) is 0 Å². The standard InChI is InChI=1S/C26H38N6O/c1-6-10-23(24-28-29-30-32(24)26(3,4)5)31(21-11-8-9-12-21)17-20-16-19-15-18(7-2)13-14-22(19)27-25(20)33/h13-16,21,23H,6-12,17H2,1-5H3,(H,27,33)/t23-/m1/s1. The number of aromatic nitrogens is 5. The molecule has 4 rings (SSSR count). The predicted molar refractivity (Wildman–Crippen MR) is 132 cm³/mol. The number of hydrogen-bond acceptors (Lipinski definition) is 5. The van der Waals surface area contributed by atoms with Gasteiger partial charge in [-0.25, -0.2) is 4.68 Å². The second-order valence-electron chi connectivity index (χ2n) is 10.4. The van der Waals surface area contributed by atoms with Crippen molar-refractivity contribution in [1.82, 2.24) is 30.1 Å². The van der Waals surface area contributed by atoms with Crippen molar-refractivity contribution in [2.45, 2.75) is 104 Å². The third kappa shape index (κ3) is 5.03. The summed E-state index contributed by atoms with van der Waals surface area (Å²) in [5, 5.41) is 14.0. The molecule has 1 fully saturated rings. The fraction of sp³-hybridized carbons (Fsp3) is 0.615. The van der Waals surface area contributed by atoms with Gasteiger partial charge in [0.2, 0.25) is 0 Å². The zero-order valence-corrected chi connectivity index (χ0v) is 20.8. The summed E-state index contributed by atoms with van der Waals surface area (Å²) >= 11 is 0. The topological polar surface area (TPSA) is 79.7 Å². The molecule has 178 valence electrons. The molecule has 33 heavy (non-hydrogen) atoms. The normalized spacial score (nSPS) is 16.2. The maximum absolute atomic E-state index is 13.1. The number of rotatable bonds is 8. The number of pyridine rings is 1. The molecule has 0 spiro atoms. The number of nitrogens with zero attached hydrogens (tertiary/aromatic N) is 5. The molecule has 0 saturated heterocycles. The van der Waals surface area contributed by atoms with E-state index in [1.54, 1.807) is 0 Å². The van der Waals surface area contributed by atoms with Crippen molar-refractivity contribution in [2.75, 3.05) is 0 Å². The number of tetrazole rings is 1. The fourth-order valence-corrected chi connectivity index (χ4v) is 5.16. The molecule has 1 aliphatic carbocycles. The fourth-order valence-electron chi connectivity index (χ4n) is 5.16. The van der Waals surface area contributed by atoms with Gasteiger partial charge in [-0.05, 0) is 86.0 Å². The van der Waals surface area contributed by atoms with Gasteiger partial charge in [-0.2, -0.15) is 0 Å². The molecular formula is C26H38N6O. The van der Waals surface area contributed by atoms with Gasteiger partial charge in [0.1, 0.15) is 0 Å². The lowest BCUT2D eigenvalue weighted by Crippen LogP contribution is -2.40. The molecule has 1 aliphatic rings. The summed E-state index contributed by atoms with van der Waals surface area (Å²) in [6.45, 7) is 11.4. The first kappa shape index (κ1) is 23.6. The molecule has 7 nitrogen and oxygen atoms in total. The maximum atomic E-state index is 13.1. The van der Waals surface area contributed by atoms with Crippen LogP contribution >= 0.6 is 0 Å². The number of fused-ring (bicyclic) bond motifs is 1. The zero-order chi connectivity index (χ0) is 23.6. The number of hydrogen-bond donors (Lipinski definition) is 1. The van der Waals surface area contributed by atoms with Crippen LogP contribution in [-0.4, -0.2) is 36.1 Å². The average molecular weight is 451 g/mol. The smallest absolute Gasteiger partial charge is 0.252 e. The lowest BCUT2D eigenvalue weighted by atomic mass is 10.0. The van der Waals surface area contributed by atoms with Gasteiger partial charge in [-0.3, -0.25) is 9.69 Å². The molecule has 0 bridgehead atoms. The Bertz CT molecular complexity index is 1140. The summed E-state index contributed by atoms with van der Waals surface area (Å²) in [6, 6.07) is 8.90. The molecule has 1 saturated carbocycles. The highest BCUT2D eigenvalue weighted by atomic mass is 16.1. The second kappa shape index (κ2) is 9.75. The lowest BCUT2D eigenvalue weighted by molar-refractivity contribution is 0.104. The highest BCUT2D eigenvalue weighted by Crippen LogP contribution is 2.35. The Morgan fingerprint density at radius 2 is 1.94 bits per heavy atom. The van der Waals surface area contributed by atoms with Crippen LogP contribution in [-0.2, 0) is 18.5 Å². The van der Waals surface area contributed by atoms with E-state index < -0.39 is 0 Å². The largest absolute Gasteiger partial charge is 0.322 e. The van der Waals surface area contributed by atoms with Crippen molar-refractivity contribution in [3.8, 4) is 0 Å². The number of aryl methyl sites for hydroxylation is 1.